The van der Waals surface area contributed by atoms with Gasteiger partial charge in [0.2, 0.25) is 0 Å². The molecule has 5 heterocycles. The standard InChI is InChI=1S/C15H15N7S/c1-9-2-3-12(16-5-9)21-6-11-4-10(21)7-22(11)15-13-14(17-8-18-15)20-23-19-13/h2-3,5,8,10-11H,4,6-7H2,1H3/t10-,11-/m0/s1. The summed E-state index contributed by atoms with van der Waals surface area (Å²) in [5, 5.41) is 0. The summed E-state index contributed by atoms with van der Waals surface area (Å²) in [6, 6.07) is 5.17. The van der Waals surface area contributed by atoms with E-state index < -0.39 is 0 Å². The van der Waals surface area contributed by atoms with Crippen LogP contribution in [0.3, 0.4) is 0 Å². The van der Waals surface area contributed by atoms with Crippen molar-refractivity contribution in [1.29, 1.82) is 0 Å². The molecule has 116 valence electrons. The molecule has 0 saturated carbocycles. The fraction of sp³-hybridized carbons (Fsp3) is 0.400. The van der Waals surface area contributed by atoms with Gasteiger partial charge in [0, 0.05) is 19.3 Å². The Labute approximate surface area is 137 Å². The molecule has 2 bridgehead atoms. The van der Waals surface area contributed by atoms with Gasteiger partial charge in [-0.3, -0.25) is 0 Å². The van der Waals surface area contributed by atoms with Crippen LogP contribution < -0.4 is 9.80 Å². The van der Waals surface area contributed by atoms with Gasteiger partial charge >= 0.3 is 0 Å². The van der Waals surface area contributed by atoms with Crippen LogP contribution in [-0.2, 0) is 0 Å². The first-order valence-corrected chi connectivity index (χ1v) is 8.42. The molecule has 0 spiro atoms. The number of rotatable bonds is 2. The molecule has 8 heteroatoms. The molecule has 0 aromatic carbocycles. The van der Waals surface area contributed by atoms with E-state index in [1.54, 1.807) is 6.33 Å². The second-order valence-corrected chi connectivity index (χ2v) is 6.70. The Hall–Kier alpha value is -2.35. The summed E-state index contributed by atoms with van der Waals surface area (Å²) in [6.07, 6.45) is 4.66. The lowest BCUT2D eigenvalue weighted by Gasteiger charge is -2.35. The van der Waals surface area contributed by atoms with Crippen LogP contribution in [0.4, 0.5) is 11.6 Å². The predicted molar refractivity (Wildman–Crippen MR) is 88.9 cm³/mol. The van der Waals surface area contributed by atoms with Gasteiger partial charge in [-0.1, -0.05) is 6.07 Å². The van der Waals surface area contributed by atoms with Crippen LogP contribution in [0.1, 0.15) is 12.0 Å². The smallest absolute Gasteiger partial charge is 0.198 e. The summed E-state index contributed by atoms with van der Waals surface area (Å²) in [7, 11) is 0. The molecule has 23 heavy (non-hydrogen) atoms. The highest BCUT2D eigenvalue weighted by Gasteiger charge is 2.45. The maximum Gasteiger partial charge on any atom is 0.198 e. The van der Waals surface area contributed by atoms with Gasteiger partial charge in [-0.15, -0.1) is 0 Å². The van der Waals surface area contributed by atoms with E-state index in [1.807, 2.05) is 6.20 Å². The third-order valence-corrected chi connectivity index (χ3v) is 5.26. The first-order valence-electron chi connectivity index (χ1n) is 7.69. The van der Waals surface area contributed by atoms with E-state index in [0.717, 1.165) is 36.7 Å². The molecule has 3 aromatic heterocycles. The van der Waals surface area contributed by atoms with E-state index in [0.29, 0.717) is 17.7 Å². The maximum absolute atomic E-state index is 4.58. The topological polar surface area (TPSA) is 70.9 Å². The minimum absolute atomic E-state index is 0.447. The summed E-state index contributed by atoms with van der Waals surface area (Å²) < 4.78 is 8.59. The zero-order chi connectivity index (χ0) is 15.4. The predicted octanol–water partition coefficient (Wildman–Crippen LogP) is 1.65. The maximum atomic E-state index is 4.58. The Balaban J connectivity index is 1.44. The van der Waals surface area contributed by atoms with Gasteiger partial charge in [-0.05, 0) is 25.0 Å². The van der Waals surface area contributed by atoms with Gasteiger partial charge in [0.05, 0.1) is 23.8 Å². The Kier molecular flexibility index (Phi) is 2.75. The molecule has 7 nitrogen and oxygen atoms in total. The highest BCUT2D eigenvalue weighted by atomic mass is 32.1. The SMILES string of the molecule is Cc1ccc(N2C[C@@H]3C[C@H]2CN3c2ncnc3nsnc23)nc1. The lowest BCUT2D eigenvalue weighted by molar-refractivity contribution is 0.636. The lowest BCUT2D eigenvalue weighted by Crippen LogP contribution is -2.47. The monoisotopic (exact) mass is 325 g/mol. The molecule has 0 unspecified atom stereocenters. The summed E-state index contributed by atoms with van der Waals surface area (Å²) in [6.45, 7) is 3.99. The fourth-order valence-electron chi connectivity index (χ4n) is 3.66. The second-order valence-electron chi connectivity index (χ2n) is 6.18. The van der Waals surface area contributed by atoms with Crippen LogP contribution >= 0.6 is 11.7 Å². The minimum Gasteiger partial charge on any atom is -0.350 e. The summed E-state index contributed by atoms with van der Waals surface area (Å²) in [5.41, 5.74) is 2.71. The van der Waals surface area contributed by atoms with Crippen LogP contribution in [0, 0.1) is 6.92 Å². The Morgan fingerprint density at radius 3 is 2.70 bits per heavy atom. The molecule has 5 rings (SSSR count). The molecule has 2 fully saturated rings. The van der Waals surface area contributed by atoms with Crippen LogP contribution in [0.25, 0.3) is 11.2 Å². The quantitative estimate of drug-likeness (QED) is 0.709. The second kappa shape index (κ2) is 4.82. The van der Waals surface area contributed by atoms with Crippen molar-refractivity contribution >= 4 is 34.5 Å². The first-order chi connectivity index (χ1) is 11.3. The number of aromatic nitrogens is 5. The van der Waals surface area contributed by atoms with E-state index in [-0.39, 0.29) is 0 Å². The van der Waals surface area contributed by atoms with Crippen molar-refractivity contribution in [3.8, 4) is 0 Å². The molecule has 0 amide bonds. The van der Waals surface area contributed by atoms with Crippen molar-refractivity contribution in [3.05, 3.63) is 30.2 Å². The average molecular weight is 325 g/mol. The highest BCUT2D eigenvalue weighted by molar-refractivity contribution is 7.00. The van der Waals surface area contributed by atoms with Crippen LogP contribution in [-0.4, -0.2) is 48.9 Å². The van der Waals surface area contributed by atoms with E-state index in [9.17, 15) is 0 Å². The third-order valence-electron chi connectivity index (χ3n) is 4.75. The number of fused-ring (bicyclic) bond motifs is 3. The number of nitrogens with zero attached hydrogens (tertiary/aromatic N) is 7. The van der Waals surface area contributed by atoms with Crippen molar-refractivity contribution in [2.24, 2.45) is 0 Å². The van der Waals surface area contributed by atoms with Gasteiger partial charge in [0.25, 0.3) is 0 Å². The molecule has 0 radical (unpaired) electrons. The summed E-state index contributed by atoms with van der Waals surface area (Å²) >= 11 is 1.20. The van der Waals surface area contributed by atoms with Gasteiger partial charge < -0.3 is 9.80 Å². The van der Waals surface area contributed by atoms with Crippen molar-refractivity contribution in [2.45, 2.75) is 25.4 Å². The van der Waals surface area contributed by atoms with Gasteiger partial charge in [0.15, 0.2) is 17.0 Å². The number of hydrogen-bond acceptors (Lipinski definition) is 8. The molecule has 0 aliphatic carbocycles. The molecule has 2 atom stereocenters. The van der Waals surface area contributed by atoms with Crippen molar-refractivity contribution in [1.82, 2.24) is 23.7 Å². The van der Waals surface area contributed by atoms with Gasteiger partial charge in [-0.2, -0.15) is 8.75 Å². The zero-order valence-electron chi connectivity index (χ0n) is 12.6. The molecule has 2 aliphatic heterocycles. The van der Waals surface area contributed by atoms with E-state index in [2.05, 4.69) is 52.6 Å². The molecule has 3 aromatic rings. The number of piperazine rings is 1. The largest absolute Gasteiger partial charge is 0.350 e. The van der Waals surface area contributed by atoms with Gasteiger partial charge in [-0.25, -0.2) is 15.0 Å². The number of aryl methyl sites for hydroxylation is 1. The summed E-state index contributed by atoms with van der Waals surface area (Å²) in [5.74, 6) is 2.00. The Morgan fingerprint density at radius 1 is 1.04 bits per heavy atom. The molecular formula is C15H15N7S. The van der Waals surface area contributed by atoms with Gasteiger partial charge in [0.1, 0.15) is 12.1 Å². The average Bonchev–Trinajstić information content (AvgIpc) is 3.29. The Morgan fingerprint density at radius 2 is 1.91 bits per heavy atom. The summed E-state index contributed by atoms with van der Waals surface area (Å²) in [4.78, 5) is 18.0. The molecule has 0 N–H and O–H groups in total. The lowest BCUT2D eigenvalue weighted by atomic mass is 10.2. The minimum atomic E-state index is 0.447. The molecule has 2 aliphatic rings. The van der Waals surface area contributed by atoms with Crippen molar-refractivity contribution < 1.29 is 0 Å². The fourth-order valence-corrected chi connectivity index (χ4v) is 4.15. The first kappa shape index (κ1) is 13.1. The number of hydrogen-bond donors (Lipinski definition) is 0. The van der Waals surface area contributed by atoms with E-state index in [4.69, 9.17) is 0 Å². The third kappa shape index (κ3) is 1.98. The molecular weight excluding hydrogens is 310 g/mol. The highest BCUT2D eigenvalue weighted by Crippen LogP contribution is 2.37. The number of anilines is 2. The normalized spacial score (nSPS) is 23.2. The van der Waals surface area contributed by atoms with Crippen molar-refractivity contribution in [3.63, 3.8) is 0 Å². The van der Waals surface area contributed by atoms with Crippen LogP contribution in [0.5, 0.6) is 0 Å². The zero-order valence-corrected chi connectivity index (χ0v) is 13.4. The van der Waals surface area contributed by atoms with E-state index in [1.165, 1.54) is 17.3 Å². The van der Waals surface area contributed by atoms with E-state index >= 15 is 0 Å². The number of pyridine rings is 1. The Bertz CT molecular complexity index is 862. The van der Waals surface area contributed by atoms with Crippen LogP contribution in [0.2, 0.25) is 0 Å². The van der Waals surface area contributed by atoms with Crippen LogP contribution in [0.15, 0.2) is 24.7 Å². The van der Waals surface area contributed by atoms with Crippen molar-refractivity contribution in [2.75, 3.05) is 22.9 Å². The molecule has 2 saturated heterocycles.